The number of quaternary nitrogens is 1. The number of phosphoric acid groups is 1. The maximum atomic E-state index is 12.1. The molecule has 196 valence electrons. The summed E-state index contributed by atoms with van der Waals surface area (Å²) in [5.41, 5.74) is 3.92. The normalized spacial score (nSPS) is 13.6. The third kappa shape index (κ3) is 6.57. The van der Waals surface area contributed by atoms with Gasteiger partial charge in [0, 0.05) is 28.6 Å². The predicted molar refractivity (Wildman–Crippen MR) is 139 cm³/mol. The molecule has 0 fully saturated rings. The van der Waals surface area contributed by atoms with Crippen LogP contribution >= 0.6 is 7.82 Å². The van der Waals surface area contributed by atoms with E-state index in [9.17, 15) is 14.3 Å². The van der Waals surface area contributed by atoms with Crippen LogP contribution in [0.15, 0.2) is 63.8 Å². The van der Waals surface area contributed by atoms with Crippen molar-refractivity contribution in [1.29, 1.82) is 0 Å². The summed E-state index contributed by atoms with van der Waals surface area (Å²) in [5, 5.41) is 0.797. The molecule has 2 aliphatic rings. The molecule has 1 aliphatic carbocycles. The average molecular weight is 528 g/mol. The molecule has 1 heterocycles. The topological polar surface area (TPSA) is 107 Å². The third-order valence-electron chi connectivity index (χ3n) is 5.82. The molecule has 0 spiro atoms. The molecular formula is C27H30NO8P. The van der Waals surface area contributed by atoms with E-state index in [2.05, 4.69) is 0 Å². The number of phosphoric ester groups is 1. The Morgan fingerprint density at radius 3 is 2.38 bits per heavy atom. The van der Waals surface area contributed by atoms with Crippen LogP contribution < -0.4 is 19.8 Å². The van der Waals surface area contributed by atoms with Crippen molar-refractivity contribution in [3.8, 4) is 33.9 Å². The van der Waals surface area contributed by atoms with Gasteiger partial charge in [0.1, 0.15) is 36.0 Å². The molecule has 1 unspecified atom stereocenters. The van der Waals surface area contributed by atoms with Crippen molar-refractivity contribution in [3.63, 3.8) is 0 Å². The van der Waals surface area contributed by atoms with Gasteiger partial charge >= 0.3 is 0 Å². The molecule has 2 aromatic carbocycles. The number of aryl methyl sites for hydroxylation is 1. The molecule has 10 heteroatoms. The Hall–Kier alpha value is -3.20. The lowest BCUT2D eigenvalue weighted by Crippen LogP contribution is -2.37. The monoisotopic (exact) mass is 527 g/mol. The quantitative estimate of drug-likeness (QED) is 0.129. The SMILES string of the molecule is COc1ccc(-c2c3ccc(=O)cc-3oc3cc(OCOP(=O)([O-])OCC[N+](C)(C)C)ccc23)c(C)c1. The van der Waals surface area contributed by atoms with E-state index in [1.54, 1.807) is 25.3 Å². The van der Waals surface area contributed by atoms with E-state index in [1.165, 1.54) is 12.1 Å². The molecule has 0 radical (unpaired) electrons. The van der Waals surface area contributed by atoms with Crippen molar-refractivity contribution >= 4 is 18.8 Å². The fourth-order valence-corrected chi connectivity index (χ4v) is 4.46. The van der Waals surface area contributed by atoms with E-state index in [0.29, 0.717) is 28.1 Å². The first kappa shape index (κ1) is 26.9. The number of hydrogen-bond donors (Lipinski definition) is 0. The largest absolute Gasteiger partial charge is 0.756 e. The second kappa shape index (κ2) is 10.7. The Balaban J connectivity index is 1.63. The minimum atomic E-state index is -4.52. The highest BCUT2D eigenvalue weighted by atomic mass is 31.2. The van der Waals surface area contributed by atoms with Gasteiger partial charge in [-0.05, 0) is 54.4 Å². The van der Waals surface area contributed by atoms with Gasteiger partial charge in [-0.2, -0.15) is 0 Å². The molecule has 4 rings (SSSR count). The molecule has 0 saturated heterocycles. The van der Waals surface area contributed by atoms with Gasteiger partial charge in [0.2, 0.25) is 0 Å². The third-order valence-corrected chi connectivity index (χ3v) is 6.74. The van der Waals surface area contributed by atoms with Crippen LogP contribution in [0.5, 0.6) is 11.5 Å². The van der Waals surface area contributed by atoms with Crippen LogP contribution in [0.25, 0.3) is 33.4 Å². The van der Waals surface area contributed by atoms with E-state index in [-0.39, 0.29) is 12.0 Å². The summed E-state index contributed by atoms with van der Waals surface area (Å²) in [5.74, 6) is 1.50. The van der Waals surface area contributed by atoms with Gasteiger partial charge in [-0.15, -0.1) is 0 Å². The van der Waals surface area contributed by atoms with Gasteiger partial charge in [-0.3, -0.25) is 13.9 Å². The fraction of sp³-hybridized carbons (Fsp3) is 0.296. The highest BCUT2D eigenvalue weighted by Gasteiger charge is 2.20. The van der Waals surface area contributed by atoms with E-state index in [1.807, 2.05) is 52.3 Å². The lowest BCUT2D eigenvalue weighted by Gasteiger charge is -2.27. The highest BCUT2D eigenvalue weighted by molar-refractivity contribution is 7.45. The molecule has 9 nitrogen and oxygen atoms in total. The smallest absolute Gasteiger partial charge is 0.271 e. The summed E-state index contributed by atoms with van der Waals surface area (Å²) >= 11 is 0. The number of methoxy groups -OCH3 is 1. The minimum Gasteiger partial charge on any atom is -0.756 e. The van der Waals surface area contributed by atoms with Crippen molar-refractivity contribution in [2.45, 2.75) is 6.92 Å². The van der Waals surface area contributed by atoms with Gasteiger partial charge in [0.15, 0.2) is 12.2 Å². The summed E-state index contributed by atoms with van der Waals surface area (Å²) in [7, 11) is 2.88. The van der Waals surface area contributed by atoms with Crippen molar-refractivity contribution < 1.29 is 36.9 Å². The van der Waals surface area contributed by atoms with Crippen LogP contribution in [0.4, 0.5) is 0 Å². The van der Waals surface area contributed by atoms with E-state index < -0.39 is 14.6 Å². The first-order valence-corrected chi connectivity index (χ1v) is 13.1. The molecular weight excluding hydrogens is 497 g/mol. The molecule has 0 N–H and O–H groups in total. The number of ether oxygens (including phenoxy) is 2. The van der Waals surface area contributed by atoms with Gasteiger partial charge in [-0.25, -0.2) is 0 Å². The number of likely N-dealkylation sites (N-methyl/N-ethyl adjacent to an activating group) is 1. The van der Waals surface area contributed by atoms with Crippen molar-refractivity contribution in [2.24, 2.45) is 0 Å². The number of nitrogens with zero attached hydrogens (tertiary/aromatic N) is 1. The Labute approximate surface area is 215 Å². The average Bonchev–Trinajstić information content (AvgIpc) is 2.81. The van der Waals surface area contributed by atoms with Crippen LogP contribution in [0.3, 0.4) is 0 Å². The number of rotatable bonds is 10. The Bertz CT molecular complexity index is 1490. The molecule has 2 aromatic rings. The van der Waals surface area contributed by atoms with Gasteiger partial charge in [-0.1, -0.05) is 6.07 Å². The van der Waals surface area contributed by atoms with Gasteiger partial charge in [0.25, 0.3) is 7.82 Å². The second-order valence-electron chi connectivity index (χ2n) is 9.66. The van der Waals surface area contributed by atoms with Crippen LogP contribution in [0.2, 0.25) is 0 Å². The molecule has 1 atom stereocenters. The van der Waals surface area contributed by atoms with Gasteiger partial charge < -0.3 is 27.8 Å². The molecule has 0 saturated carbocycles. The van der Waals surface area contributed by atoms with Crippen LogP contribution in [0, 0.1) is 6.92 Å². The maximum absolute atomic E-state index is 12.1. The first-order chi connectivity index (χ1) is 17.5. The lowest BCUT2D eigenvalue weighted by atomic mass is 9.91. The summed E-state index contributed by atoms with van der Waals surface area (Å²) in [6, 6.07) is 15.6. The van der Waals surface area contributed by atoms with E-state index >= 15 is 0 Å². The maximum Gasteiger partial charge on any atom is 0.271 e. The van der Waals surface area contributed by atoms with E-state index in [4.69, 9.17) is 22.9 Å². The molecule has 0 amide bonds. The Morgan fingerprint density at radius 1 is 0.946 bits per heavy atom. The van der Waals surface area contributed by atoms with Crippen LogP contribution in [0.1, 0.15) is 5.56 Å². The zero-order chi connectivity index (χ0) is 26.8. The Kier molecular flexibility index (Phi) is 7.73. The molecule has 0 aromatic heterocycles. The standard InChI is InChI=1S/C27H30NO8P/c1-18-14-20(32-5)7-10-22(18)27-23-9-6-19(29)15-25(23)36-26-16-21(8-11-24(26)27)33-17-35-37(30,31)34-13-12-28(2,3)4/h6-11,14-16H,12-13,17H2,1-5H3. The molecule has 0 bridgehead atoms. The summed E-state index contributed by atoms with van der Waals surface area (Å²) in [6.45, 7) is 1.93. The van der Waals surface area contributed by atoms with Crippen LogP contribution in [-0.2, 0) is 13.6 Å². The molecule has 1 aliphatic heterocycles. The summed E-state index contributed by atoms with van der Waals surface area (Å²) < 4.78 is 39.2. The first-order valence-electron chi connectivity index (χ1n) is 11.6. The lowest BCUT2D eigenvalue weighted by molar-refractivity contribution is -0.870. The number of fused-ring (bicyclic) bond motifs is 2. The summed E-state index contributed by atoms with van der Waals surface area (Å²) in [6.07, 6.45) is 0. The van der Waals surface area contributed by atoms with Crippen molar-refractivity contribution in [3.05, 3.63) is 70.4 Å². The predicted octanol–water partition coefficient (Wildman–Crippen LogP) is 4.43. The zero-order valence-corrected chi connectivity index (χ0v) is 22.4. The number of hydrogen-bond acceptors (Lipinski definition) is 8. The van der Waals surface area contributed by atoms with Crippen molar-refractivity contribution in [2.75, 3.05) is 48.2 Å². The molecule has 37 heavy (non-hydrogen) atoms. The fourth-order valence-electron chi connectivity index (χ4n) is 3.90. The van der Waals surface area contributed by atoms with E-state index in [0.717, 1.165) is 33.4 Å². The second-order valence-corrected chi connectivity index (χ2v) is 11.1. The zero-order valence-electron chi connectivity index (χ0n) is 21.5. The van der Waals surface area contributed by atoms with Gasteiger partial charge in [0.05, 0.1) is 28.3 Å². The summed E-state index contributed by atoms with van der Waals surface area (Å²) in [4.78, 5) is 24.1. The number of benzene rings is 3. The highest BCUT2D eigenvalue weighted by Crippen LogP contribution is 2.43. The van der Waals surface area contributed by atoms with Crippen molar-refractivity contribution in [1.82, 2.24) is 0 Å². The Morgan fingerprint density at radius 2 is 1.68 bits per heavy atom. The van der Waals surface area contributed by atoms with Crippen LogP contribution in [-0.4, -0.2) is 52.7 Å². The minimum absolute atomic E-state index is 0.00145.